The highest BCUT2D eigenvalue weighted by atomic mass is 35.5. The molecule has 2 rings (SSSR count). The van der Waals surface area contributed by atoms with E-state index in [0.29, 0.717) is 16.5 Å². The summed E-state index contributed by atoms with van der Waals surface area (Å²) in [6.45, 7) is 0. The molecule has 0 bridgehead atoms. The monoisotopic (exact) mass is 309 g/mol. The van der Waals surface area contributed by atoms with Crippen LogP contribution in [0.3, 0.4) is 0 Å². The lowest BCUT2D eigenvalue weighted by molar-refractivity contribution is -0.138. The molecule has 2 aromatic rings. The summed E-state index contributed by atoms with van der Waals surface area (Å²) in [6, 6.07) is 12.1. The SMILES string of the molecule is NC(Cc1ccc(-c2ccc(Cl)c(Cl)c2)cc1)C(=O)O. The molecule has 5 heteroatoms. The van der Waals surface area contributed by atoms with Crippen LogP contribution >= 0.6 is 23.2 Å². The van der Waals surface area contributed by atoms with Crippen molar-refractivity contribution >= 4 is 29.2 Å². The van der Waals surface area contributed by atoms with E-state index in [0.717, 1.165) is 16.7 Å². The van der Waals surface area contributed by atoms with Crippen molar-refractivity contribution in [3.63, 3.8) is 0 Å². The summed E-state index contributed by atoms with van der Waals surface area (Å²) in [6.07, 6.45) is 0.303. The Morgan fingerprint density at radius 1 is 1.05 bits per heavy atom. The van der Waals surface area contributed by atoms with E-state index < -0.39 is 12.0 Å². The summed E-state index contributed by atoms with van der Waals surface area (Å²) in [5.74, 6) is -1.00. The van der Waals surface area contributed by atoms with Gasteiger partial charge in [0, 0.05) is 0 Å². The largest absolute Gasteiger partial charge is 0.480 e. The Kier molecular flexibility index (Phi) is 4.65. The van der Waals surface area contributed by atoms with Crippen LogP contribution in [0.4, 0.5) is 0 Å². The van der Waals surface area contributed by atoms with Crippen LogP contribution in [0.1, 0.15) is 5.56 Å². The van der Waals surface area contributed by atoms with Crippen molar-refractivity contribution in [3.05, 3.63) is 58.1 Å². The zero-order valence-electron chi connectivity index (χ0n) is 10.5. The Hall–Kier alpha value is -1.55. The van der Waals surface area contributed by atoms with Gasteiger partial charge in [-0.2, -0.15) is 0 Å². The molecule has 0 saturated heterocycles. The fourth-order valence-corrected chi connectivity index (χ4v) is 2.15. The highest BCUT2D eigenvalue weighted by Gasteiger charge is 2.12. The molecule has 20 heavy (non-hydrogen) atoms. The first-order valence-corrected chi connectivity index (χ1v) is 6.75. The minimum atomic E-state index is -1.00. The molecule has 1 atom stereocenters. The van der Waals surface area contributed by atoms with Crippen LogP contribution in [0.15, 0.2) is 42.5 Å². The standard InChI is InChI=1S/C15H13Cl2NO2/c16-12-6-5-11(8-13(12)17)10-3-1-9(2-4-10)7-14(18)15(19)20/h1-6,8,14H,7,18H2,(H,19,20). The highest BCUT2D eigenvalue weighted by Crippen LogP contribution is 2.28. The highest BCUT2D eigenvalue weighted by molar-refractivity contribution is 6.42. The summed E-state index contributed by atoms with van der Waals surface area (Å²) in [4.78, 5) is 10.7. The van der Waals surface area contributed by atoms with Gasteiger partial charge in [-0.05, 0) is 35.2 Å². The number of hydrogen-bond donors (Lipinski definition) is 2. The number of rotatable bonds is 4. The van der Waals surface area contributed by atoms with Gasteiger partial charge in [-0.15, -0.1) is 0 Å². The second-order valence-corrected chi connectivity index (χ2v) is 5.29. The Morgan fingerprint density at radius 3 is 2.20 bits per heavy atom. The van der Waals surface area contributed by atoms with Gasteiger partial charge in [-0.25, -0.2) is 0 Å². The van der Waals surface area contributed by atoms with E-state index in [9.17, 15) is 4.79 Å². The maximum Gasteiger partial charge on any atom is 0.320 e. The lowest BCUT2D eigenvalue weighted by Crippen LogP contribution is -2.32. The number of benzene rings is 2. The Morgan fingerprint density at radius 2 is 1.65 bits per heavy atom. The molecule has 3 N–H and O–H groups in total. The van der Waals surface area contributed by atoms with Crippen molar-refractivity contribution in [2.75, 3.05) is 0 Å². The number of aliphatic carboxylic acids is 1. The summed E-state index contributed by atoms with van der Waals surface area (Å²) in [5, 5.41) is 9.79. The van der Waals surface area contributed by atoms with Crippen molar-refractivity contribution < 1.29 is 9.90 Å². The van der Waals surface area contributed by atoms with Gasteiger partial charge in [0.25, 0.3) is 0 Å². The van der Waals surface area contributed by atoms with Crippen LogP contribution in [-0.2, 0) is 11.2 Å². The van der Waals surface area contributed by atoms with Gasteiger partial charge in [0.05, 0.1) is 10.0 Å². The van der Waals surface area contributed by atoms with Gasteiger partial charge in [-0.1, -0.05) is 53.5 Å². The van der Waals surface area contributed by atoms with E-state index in [2.05, 4.69) is 0 Å². The molecular weight excluding hydrogens is 297 g/mol. The average Bonchev–Trinajstić information content (AvgIpc) is 2.42. The molecule has 0 radical (unpaired) electrons. The Bertz CT molecular complexity index is 626. The van der Waals surface area contributed by atoms with Gasteiger partial charge in [0.15, 0.2) is 0 Å². The van der Waals surface area contributed by atoms with Crippen LogP contribution in [0.5, 0.6) is 0 Å². The van der Waals surface area contributed by atoms with Gasteiger partial charge >= 0.3 is 5.97 Å². The van der Waals surface area contributed by atoms with E-state index in [1.165, 1.54) is 0 Å². The smallest absolute Gasteiger partial charge is 0.320 e. The molecule has 0 saturated carbocycles. The molecule has 0 amide bonds. The lowest BCUT2D eigenvalue weighted by Gasteiger charge is -2.08. The van der Waals surface area contributed by atoms with E-state index >= 15 is 0 Å². The molecule has 104 valence electrons. The predicted octanol–water partition coefficient (Wildman–Crippen LogP) is 3.61. The Labute approximate surface area is 126 Å². The average molecular weight is 310 g/mol. The van der Waals surface area contributed by atoms with Crippen LogP contribution in [-0.4, -0.2) is 17.1 Å². The molecule has 0 fully saturated rings. The maximum atomic E-state index is 10.7. The number of carboxylic acids is 1. The first-order valence-electron chi connectivity index (χ1n) is 6.00. The first-order chi connectivity index (χ1) is 9.47. The van der Waals surface area contributed by atoms with E-state index in [4.69, 9.17) is 34.0 Å². The zero-order chi connectivity index (χ0) is 14.7. The summed E-state index contributed by atoms with van der Waals surface area (Å²) in [7, 11) is 0. The molecule has 0 aliphatic heterocycles. The number of halogens is 2. The molecule has 0 aromatic heterocycles. The number of hydrogen-bond acceptors (Lipinski definition) is 2. The molecule has 2 aromatic carbocycles. The van der Waals surface area contributed by atoms with Gasteiger partial charge in [0.1, 0.15) is 6.04 Å². The Balaban J connectivity index is 2.19. The fourth-order valence-electron chi connectivity index (χ4n) is 1.85. The fraction of sp³-hybridized carbons (Fsp3) is 0.133. The summed E-state index contributed by atoms with van der Waals surface area (Å²) in [5.41, 5.74) is 8.32. The van der Waals surface area contributed by atoms with Crippen molar-refractivity contribution in [1.82, 2.24) is 0 Å². The van der Waals surface area contributed by atoms with Crippen molar-refractivity contribution in [1.29, 1.82) is 0 Å². The van der Waals surface area contributed by atoms with Crippen molar-refractivity contribution in [2.24, 2.45) is 5.73 Å². The molecule has 0 aliphatic rings. The number of carbonyl (C=O) groups is 1. The van der Waals surface area contributed by atoms with Gasteiger partial charge in [-0.3, -0.25) is 4.79 Å². The molecule has 0 aliphatic carbocycles. The lowest BCUT2D eigenvalue weighted by atomic mass is 10.0. The summed E-state index contributed by atoms with van der Waals surface area (Å²) >= 11 is 11.9. The van der Waals surface area contributed by atoms with Crippen LogP contribution in [0.2, 0.25) is 10.0 Å². The van der Waals surface area contributed by atoms with Gasteiger partial charge < -0.3 is 10.8 Å². The third-order valence-electron chi connectivity index (χ3n) is 2.98. The molecule has 0 spiro atoms. The van der Waals surface area contributed by atoms with Crippen molar-refractivity contribution in [3.8, 4) is 11.1 Å². The van der Waals surface area contributed by atoms with E-state index in [1.807, 2.05) is 30.3 Å². The number of nitrogens with two attached hydrogens (primary N) is 1. The van der Waals surface area contributed by atoms with Crippen LogP contribution < -0.4 is 5.73 Å². The van der Waals surface area contributed by atoms with Crippen LogP contribution in [0.25, 0.3) is 11.1 Å². The minimum absolute atomic E-state index is 0.303. The molecule has 0 heterocycles. The predicted molar refractivity (Wildman–Crippen MR) is 81.2 cm³/mol. The minimum Gasteiger partial charge on any atom is -0.480 e. The quantitative estimate of drug-likeness (QED) is 0.906. The van der Waals surface area contributed by atoms with Crippen LogP contribution in [0, 0.1) is 0 Å². The second-order valence-electron chi connectivity index (χ2n) is 4.47. The first kappa shape index (κ1) is 14.9. The maximum absolute atomic E-state index is 10.7. The van der Waals surface area contributed by atoms with E-state index in [1.54, 1.807) is 12.1 Å². The molecule has 3 nitrogen and oxygen atoms in total. The zero-order valence-corrected chi connectivity index (χ0v) is 12.0. The number of carboxylic acid groups (broad SMARTS) is 1. The third-order valence-corrected chi connectivity index (χ3v) is 3.72. The van der Waals surface area contributed by atoms with Crippen molar-refractivity contribution in [2.45, 2.75) is 12.5 Å². The molecular formula is C15H13Cl2NO2. The molecule has 1 unspecified atom stereocenters. The summed E-state index contributed by atoms with van der Waals surface area (Å²) < 4.78 is 0. The second kappa shape index (κ2) is 6.27. The normalized spacial score (nSPS) is 12.2. The topological polar surface area (TPSA) is 63.3 Å². The van der Waals surface area contributed by atoms with E-state index in [-0.39, 0.29) is 0 Å². The third kappa shape index (κ3) is 3.51. The van der Waals surface area contributed by atoms with Gasteiger partial charge in [0.2, 0.25) is 0 Å².